The van der Waals surface area contributed by atoms with Crippen molar-refractivity contribution in [2.45, 2.75) is 19.3 Å². The number of rotatable bonds is 5. The number of amides is 1. The lowest BCUT2D eigenvalue weighted by molar-refractivity contribution is -0.134. The summed E-state index contributed by atoms with van der Waals surface area (Å²) in [6, 6.07) is 10.1. The number of alkyl halides is 1. The van der Waals surface area contributed by atoms with Crippen LogP contribution in [0, 0.1) is 0 Å². The van der Waals surface area contributed by atoms with Crippen molar-refractivity contribution in [3.05, 3.63) is 35.9 Å². The molecule has 1 fully saturated rings. The molecule has 1 saturated heterocycles. The van der Waals surface area contributed by atoms with Gasteiger partial charge in [-0.2, -0.15) is 0 Å². The van der Waals surface area contributed by atoms with Crippen LogP contribution in [0.25, 0.3) is 0 Å². The summed E-state index contributed by atoms with van der Waals surface area (Å²) in [6.45, 7) is 6.50. The van der Waals surface area contributed by atoms with Gasteiger partial charge in [-0.15, -0.1) is 11.6 Å². The minimum absolute atomic E-state index is 0.00391. The third-order valence-electron chi connectivity index (χ3n) is 3.99. The van der Waals surface area contributed by atoms with Gasteiger partial charge in [0.15, 0.2) is 0 Å². The van der Waals surface area contributed by atoms with Crippen molar-refractivity contribution in [2.75, 3.05) is 38.6 Å². The molecule has 1 aromatic carbocycles. The molecule has 1 aromatic rings. The first-order valence-electron chi connectivity index (χ1n) is 7.38. The van der Waals surface area contributed by atoms with Gasteiger partial charge in [0.05, 0.1) is 5.92 Å². The first-order valence-corrected chi connectivity index (χ1v) is 7.91. The van der Waals surface area contributed by atoms with Gasteiger partial charge >= 0.3 is 0 Å². The molecule has 1 aliphatic heterocycles. The van der Waals surface area contributed by atoms with Crippen molar-refractivity contribution in [1.29, 1.82) is 0 Å². The molecule has 2 rings (SSSR count). The first kappa shape index (κ1) is 15.3. The molecule has 1 aliphatic rings. The SMILES string of the molecule is CCC(C(=O)N1CCN(CCCl)CC1)c1ccccc1. The number of carbonyl (C=O) groups excluding carboxylic acids is 1. The van der Waals surface area contributed by atoms with Crippen LogP contribution in [-0.4, -0.2) is 54.3 Å². The molecule has 0 radical (unpaired) electrons. The van der Waals surface area contributed by atoms with Gasteiger partial charge < -0.3 is 4.90 Å². The van der Waals surface area contributed by atoms with E-state index in [9.17, 15) is 4.79 Å². The van der Waals surface area contributed by atoms with Crippen molar-refractivity contribution in [1.82, 2.24) is 9.80 Å². The molecular formula is C16H23ClN2O. The monoisotopic (exact) mass is 294 g/mol. The van der Waals surface area contributed by atoms with Gasteiger partial charge in [-0.3, -0.25) is 9.69 Å². The van der Waals surface area contributed by atoms with Gasteiger partial charge in [-0.1, -0.05) is 37.3 Å². The van der Waals surface area contributed by atoms with Gasteiger partial charge in [0.25, 0.3) is 0 Å². The molecule has 4 heteroatoms. The predicted molar refractivity (Wildman–Crippen MR) is 83.2 cm³/mol. The Morgan fingerprint density at radius 2 is 1.85 bits per heavy atom. The summed E-state index contributed by atoms with van der Waals surface area (Å²) in [4.78, 5) is 17.0. The first-order chi connectivity index (χ1) is 9.76. The van der Waals surface area contributed by atoms with E-state index in [0.29, 0.717) is 5.88 Å². The summed E-state index contributed by atoms with van der Waals surface area (Å²) in [6.07, 6.45) is 0.852. The maximum Gasteiger partial charge on any atom is 0.230 e. The van der Waals surface area contributed by atoms with E-state index in [1.807, 2.05) is 23.1 Å². The molecule has 0 N–H and O–H groups in total. The van der Waals surface area contributed by atoms with Crippen LogP contribution in [0.4, 0.5) is 0 Å². The smallest absolute Gasteiger partial charge is 0.230 e. The second kappa shape index (κ2) is 7.65. The zero-order chi connectivity index (χ0) is 14.4. The zero-order valence-electron chi connectivity index (χ0n) is 12.1. The minimum Gasteiger partial charge on any atom is -0.340 e. The van der Waals surface area contributed by atoms with Crippen molar-refractivity contribution in [2.24, 2.45) is 0 Å². The highest BCUT2D eigenvalue weighted by Gasteiger charge is 2.27. The van der Waals surface area contributed by atoms with Crippen LogP contribution in [-0.2, 0) is 4.79 Å². The Balaban J connectivity index is 1.97. The molecule has 0 aromatic heterocycles. The van der Waals surface area contributed by atoms with Crippen LogP contribution in [0.15, 0.2) is 30.3 Å². The highest BCUT2D eigenvalue weighted by molar-refractivity contribution is 6.18. The molecule has 1 heterocycles. The quantitative estimate of drug-likeness (QED) is 0.779. The normalized spacial score (nSPS) is 18.0. The van der Waals surface area contributed by atoms with Crippen LogP contribution >= 0.6 is 11.6 Å². The van der Waals surface area contributed by atoms with Crippen LogP contribution in [0.3, 0.4) is 0 Å². The van der Waals surface area contributed by atoms with Gasteiger partial charge in [-0.25, -0.2) is 0 Å². The topological polar surface area (TPSA) is 23.6 Å². The van der Waals surface area contributed by atoms with Crippen LogP contribution in [0.1, 0.15) is 24.8 Å². The summed E-state index contributed by atoms with van der Waals surface area (Å²) in [5.74, 6) is 0.926. The minimum atomic E-state index is -0.00391. The van der Waals surface area contributed by atoms with E-state index < -0.39 is 0 Å². The molecule has 20 heavy (non-hydrogen) atoms. The Morgan fingerprint density at radius 1 is 1.20 bits per heavy atom. The van der Waals surface area contributed by atoms with Crippen LogP contribution in [0.5, 0.6) is 0 Å². The molecule has 0 bridgehead atoms. The summed E-state index contributed by atoms with van der Waals surface area (Å²) in [7, 11) is 0. The number of carbonyl (C=O) groups is 1. The third-order valence-corrected chi connectivity index (χ3v) is 4.16. The number of piperazine rings is 1. The second-order valence-electron chi connectivity index (χ2n) is 5.23. The Kier molecular flexibility index (Phi) is 5.86. The highest BCUT2D eigenvalue weighted by Crippen LogP contribution is 2.22. The zero-order valence-corrected chi connectivity index (χ0v) is 12.9. The lowest BCUT2D eigenvalue weighted by Crippen LogP contribution is -2.50. The van der Waals surface area contributed by atoms with Crippen molar-refractivity contribution in [3.63, 3.8) is 0 Å². The predicted octanol–water partition coefficient (Wildman–Crippen LogP) is 2.56. The number of benzene rings is 1. The van der Waals surface area contributed by atoms with E-state index in [4.69, 9.17) is 11.6 Å². The molecule has 1 unspecified atom stereocenters. The van der Waals surface area contributed by atoms with E-state index in [-0.39, 0.29) is 11.8 Å². The fourth-order valence-corrected chi connectivity index (χ4v) is 3.01. The van der Waals surface area contributed by atoms with Crippen molar-refractivity contribution < 1.29 is 4.79 Å². The largest absolute Gasteiger partial charge is 0.340 e. The van der Waals surface area contributed by atoms with E-state index in [2.05, 4.69) is 24.0 Å². The standard InChI is InChI=1S/C16H23ClN2O/c1-2-15(14-6-4-3-5-7-14)16(20)19-12-10-18(9-8-17)11-13-19/h3-7,15H,2,8-13H2,1H3. The fourth-order valence-electron chi connectivity index (χ4n) is 2.77. The molecule has 3 nitrogen and oxygen atoms in total. The summed E-state index contributed by atoms with van der Waals surface area (Å²) in [5, 5.41) is 0. The second-order valence-corrected chi connectivity index (χ2v) is 5.61. The maximum atomic E-state index is 12.7. The van der Waals surface area contributed by atoms with Gasteiger partial charge in [0.2, 0.25) is 5.91 Å². The Labute approximate surface area is 126 Å². The molecule has 1 amide bonds. The molecule has 110 valence electrons. The van der Waals surface area contributed by atoms with Crippen molar-refractivity contribution >= 4 is 17.5 Å². The summed E-state index contributed by atoms with van der Waals surface area (Å²) < 4.78 is 0. The van der Waals surface area contributed by atoms with Crippen LogP contribution < -0.4 is 0 Å². The third kappa shape index (κ3) is 3.74. The lowest BCUT2D eigenvalue weighted by atomic mass is 9.95. The molecule has 0 spiro atoms. The Hall–Kier alpha value is -1.06. The van der Waals surface area contributed by atoms with E-state index in [0.717, 1.165) is 44.7 Å². The van der Waals surface area contributed by atoms with E-state index >= 15 is 0 Å². The average molecular weight is 295 g/mol. The van der Waals surface area contributed by atoms with Crippen molar-refractivity contribution in [3.8, 4) is 0 Å². The number of hydrogen-bond acceptors (Lipinski definition) is 2. The lowest BCUT2D eigenvalue weighted by Gasteiger charge is -2.36. The molecular weight excluding hydrogens is 272 g/mol. The number of halogens is 1. The van der Waals surface area contributed by atoms with Gasteiger partial charge in [0.1, 0.15) is 0 Å². The van der Waals surface area contributed by atoms with E-state index in [1.165, 1.54) is 0 Å². The Morgan fingerprint density at radius 3 is 2.40 bits per heavy atom. The Bertz CT molecular complexity index is 416. The summed E-state index contributed by atoms with van der Waals surface area (Å²) in [5.41, 5.74) is 1.13. The molecule has 0 saturated carbocycles. The molecule has 0 aliphatic carbocycles. The number of nitrogens with zero attached hydrogens (tertiary/aromatic N) is 2. The van der Waals surface area contributed by atoms with E-state index in [1.54, 1.807) is 0 Å². The van der Waals surface area contributed by atoms with Gasteiger partial charge in [0, 0.05) is 38.6 Å². The number of hydrogen-bond donors (Lipinski definition) is 0. The molecule has 1 atom stereocenters. The summed E-state index contributed by atoms with van der Waals surface area (Å²) >= 11 is 5.76. The van der Waals surface area contributed by atoms with Crippen LogP contribution in [0.2, 0.25) is 0 Å². The van der Waals surface area contributed by atoms with Gasteiger partial charge in [-0.05, 0) is 12.0 Å². The maximum absolute atomic E-state index is 12.7. The fraction of sp³-hybridized carbons (Fsp3) is 0.562. The average Bonchev–Trinajstić information content (AvgIpc) is 2.50. The highest BCUT2D eigenvalue weighted by atomic mass is 35.5.